The lowest BCUT2D eigenvalue weighted by atomic mass is 10.1. The number of rotatable bonds is 3. The van der Waals surface area contributed by atoms with Gasteiger partial charge in [0, 0.05) is 28.5 Å². The molecule has 1 aromatic heterocycles. The van der Waals surface area contributed by atoms with Crippen molar-refractivity contribution in [1.29, 1.82) is 0 Å². The summed E-state index contributed by atoms with van der Waals surface area (Å²) >= 11 is 5.81. The fourth-order valence-corrected chi connectivity index (χ4v) is 2.01. The van der Waals surface area contributed by atoms with Crippen molar-refractivity contribution in [2.24, 2.45) is 0 Å². The van der Waals surface area contributed by atoms with Gasteiger partial charge in [-0.25, -0.2) is 0 Å². The van der Waals surface area contributed by atoms with Crippen LogP contribution < -0.4 is 5.32 Å². The highest BCUT2D eigenvalue weighted by Crippen LogP contribution is 2.26. The molecule has 6 nitrogen and oxygen atoms in total. The molecular weight excluding hydrogens is 294 g/mol. The molecule has 0 aliphatic heterocycles. The lowest BCUT2D eigenvalue weighted by molar-refractivity contribution is -0.385. The molecule has 1 amide bonds. The molecule has 2 aromatic rings. The predicted molar refractivity (Wildman–Crippen MR) is 79.8 cm³/mol. The number of carbonyl (C=O) groups excluding carboxylic acids is 1. The van der Waals surface area contributed by atoms with Crippen molar-refractivity contribution >= 4 is 28.9 Å². The van der Waals surface area contributed by atoms with E-state index in [1.54, 1.807) is 26.0 Å². The van der Waals surface area contributed by atoms with Gasteiger partial charge in [0.05, 0.1) is 4.92 Å². The van der Waals surface area contributed by atoms with Gasteiger partial charge in [-0.1, -0.05) is 11.6 Å². The molecule has 2 rings (SSSR count). The first-order chi connectivity index (χ1) is 9.88. The Morgan fingerprint density at radius 3 is 2.62 bits per heavy atom. The highest BCUT2D eigenvalue weighted by atomic mass is 35.5. The third kappa shape index (κ3) is 3.35. The quantitative estimate of drug-likeness (QED) is 0.694. The van der Waals surface area contributed by atoms with Crippen LogP contribution in [0.2, 0.25) is 5.02 Å². The number of nitrogens with one attached hydrogen (secondary N) is 1. The highest BCUT2D eigenvalue weighted by molar-refractivity contribution is 6.30. The van der Waals surface area contributed by atoms with Crippen molar-refractivity contribution in [2.45, 2.75) is 13.8 Å². The molecular formula is C14H12ClN3O3. The summed E-state index contributed by atoms with van der Waals surface area (Å²) in [7, 11) is 0. The first-order valence-electron chi connectivity index (χ1n) is 6.07. The molecule has 0 fully saturated rings. The Kier molecular flexibility index (Phi) is 4.18. The van der Waals surface area contributed by atoms with E-state index in [0.717, 1.165) is 0 Å². The average molecular weight is 306 g/mol. The summed E-state index contributed by atoms with van der Waals surface area (Å²) in [5.41, 5.74) is 1.77. The normalized spacial score (nSPS) is 10.2. The molecule has 0 saturated carbocycles. The molecule has 1 N–H and O–H groups in total. The van der Waals surface area contributed by atoms with Crippen LogP contribution in [-0.2, 0) is 0 Å². The molecule has 0 saturated heterocycles. The fraction of sp³-hybridized carbons (Fsp3) is 0.143. The zero-order valence-corrected chi connectivity index (χ0v) is 12.1. The van der Waals surface area contributed by atoms with E-state index >= 15 is 0 Å². The minimum Gasteiger partial charge on any atom is -0.320 e. The first-order valence-corrected chi connectivity index (χ1v) is 6.45. The van der Waals surface area contributed by atoms with Gasteiger partial charge in [-0.15, -0.1) is 0 Å². The maximum absolute atomic E-state index is 12.1. The number of amides is 1. The van der Waals surface area contributed by atoms with Crippen LogP contribution in [0.25, 0.3) is 0 Å². The number of carbonyl (C=O) groups is 1. The Bertz CT molecular complexity index is 731. The number of halogens is 1. The van der Waals surface area contributed by atoms with Crippen molar-refractivity contribution in [3.05, 3.63) is 62.4 Å². The Labute approximate surface area is 125 Å². The molecule has 0 unspecified atom stereocenters. The molecule has 0 aliphatic rings. The van der Waals surface area contributed by atoms with Gasteiger partial charge in [0.15, 0.2) is 0 Å². The molecule has 21 heavy (non-hydrogen) atoms. The molecule has 1 aromatic carbocycles. The topological polar surface area (TPSA) is 85.1 Å². The van der Waals surface area contributed by atoms with Crippen LogP contribution in [0.3, 0.4) is 0 Å². The summed E-state index contributed by atoms with van der Waals surface area (Å²) in [4.78, 5) is 26.4. The molecule has 0 radical (unpaired) electrons. The zero-order chi connectivity index (χ0) is 15.6. The highest BCUT2D eigenvalue weighted by Gasteiger charge is 2.15. The third-order valence-corrected chi connectivity index (χ3v) is 3.18. The number of anilines is 1. The van der Waals surface area contributed by atoms with Gasteiger partial charge in [-0.2, -0.15) is 0 Å². The second-order valence-electron chi connectivity index (χ2n) is 4.52. The van der Waals surface area contributed by atoms with Crippen LogP contribution in [0, 0.1) is 24.0 Å². The molecule has 1 heterocycles. The van der Waals surface area contributed by atoms with Gasteiger partial charge in [0.25, 0.3) is 11.6 Å². The van der Waals surface area contributed by atoms with E-state index < -0.39 is 10.8 Å². The van der Waals surface area contributed by atoms with Gasteiger partial charge < -0.3 is 5.32 Å². The van der Waals surface area contributed by atoms with Crippen molar-refractivity contribution < 1.29 is 9.72 Å². The van der Waals surface area contributed by atoms with E-state index in [9.17, 15) is 14.9 Å². The average Bonchev–Trinajstić information content (AvgIpc) is 2.42. The summed E-state index contributed by atoms with van der Waals surface area (Å²) in [6, 6.07) is 6.01. The van der Waals surface area contributed by atoms with Crippen LogP contribution in [0.1, 0.15) is 21.6 Å². The van der Waals surface area contributed by atoms with E-state index in [0.29, 0.717) is 21.8 Å². The van der Waals surface area contributed by atoms with Crippen LogP contribution in [0.4, 0.5) is 11.4 Å². The van der Waals surface area contributed by atoms with Crippen molar-refractivity contribution in [3.8, 4) is 0 Å². The van der Waals surface area contributed by atoms with Crippen molar-refractivity contribution in [1.82, 2.24) is 4.98 Å². The summed E-state index contributed by atoms with van der Waals surface area (Å²) in [6.45, 7) is 3.30. The van der Waals surface area contributed by atoms with E-state index in [4.69, 9.17) is 11.6 Å². The van der Waals surface area contributed by atoms with E-state index in [-0.39, 0.29) is 11.4 Å². The summed E-state index contributed by atoms with van der Waals surface area (Å²) in [6.07, 6.45) is 1.44. The molecule has 0 atom stereocenters. The smallest absolute Gasteiger partial charge is 0.274 e. The molecule has 0 bridgehead atoms. The Balaban J connectivity index is 2.30. The fourth-order valence-electron chi connectivity index (χ4n) is 1.85. The largest absolute Gasteiger partial charge is 0.320 e. The lowest BCUT2D eigenvalue weighted by Gasteiger charge is -2.09. The van der Waals surface area contributed by atoms with Crippen LogP contribution >= 0.6 is 11.6 Å². The van der Waals surface area contributed by atoms with Crippen molar-refractivity contribution in [3.63, 3.8) is 0 Å². The monoisotopic (exact) mass is 305 g/mol. The van der Waals surface area contributed by atoms with E-state index in [1.165, 1.54) is 18.3 Å². The number of nitro benzene ring substituents is 1. The van der Waals surface area contributed by atoms with Gasteiger partial charge in [0.1, 0.15) is 5.69 Å². The number of aryl methyl sites for hydroxylation is 2. The zero-order valence-electron chi connectivity index (χ0n) is 11.4. The van der Waals surface area contributed by atoms with Crippen LogP contribution in [-0.4, -0.2) is 15.8 Å². The SMILES string of the molecule is Cc1cc([N+](=O)[O-])c(C)cc1NC(=O)c1cc(Cl)ccn1. The summed E-state index contributed by atoms with van der Waals surface area (Å²) < 4.78 is 0. The maximum atomic E-state index is 12.1. The number of nitro groups is 1. The number of aromatic nitrogens is 1. The van der Waals surface area contributed by atoms with Crippen LogP contribution in [0.15, 0.2) is 30.5 Å². The molecule has 108 valence electrons. The predicted octanol–water partition coefficient (Wildman–Crippen LogP) is 3.51. The second-order valence-corrected chi connectivity index (χ2v) is 4.96. The van der Waals surface area contributed by atoms with Gasteiger partial charge in [-0.05, 0) is 37.6 Å². The van der Waals surface area contributed by atoms with Gasteiger partial charge in [-0.3, -0.25) is 19.9 Å². The summed E-state index contributed by atoms with van der Waals surface area (Å²) in [5.74, 6) is -0.422. The van der Waals surface area contributed by atoms with Gasteiger partial charge >= 0.3 is 0 Å². The third-order valence-electron chi connectivity index (χ3n) is 2.94. The number of pyridine rings is 1. The Morgan fingerprint density at radius 1 is 1.29 bits per heavy atom. The Hall–Kier alpha value is -2.47. The van der Waals surface area contributed by atoms with Crippen molar-refractivity contribution in [2.75, 3.05) is 5.32 Å². The number of nitrogens with zero attached hydrogens (tertiary/aromatic N) is 2. The standard InChI is InChI=1S/C14H12ClN3O3/c1-8-6-13(18(20)21)9(2)5-11(8)17-14(19)12-7-10(15)3-4-16-12/h3-7H,1-2H3,(H,17,19). The Morgan fingerprint density at radius 2 is 2.00 bits per heavy atom. The number of benzene rings is 1. The molecule has 0 aliphatic carbocycles. The minimum absolute atomic E-state index is 0.0198. The first kappa shape index (κ1) is 14.9. The van der Waals surface area contributed by atoms with E-state index in [2.05, 4.69) is 10.3 Å². The molecule has 0 spiro atoms. The lowest BCUT2D eigenvalue weighted by Crippen LogP contribution is -2.14. The summed E-state index contributed by atoms with van der Waals surface area (Å²) in [5, 5.41) is 13.9. The second kappa shape index (κ2) is 5.88. The maximum Gasteiger partial charge on any atom is 0.274 e. The minimum atomic E-state index is -0.452. The number of hydrogen-bond donors (Lipinski definition) is 1. The molecule has 7 heteroatoms. The van der Waals surface area contributed by atoms with E-state index in [1.807, 2.05) is 0 Å². The number of hydrogen-bond acceptors (Lipinski definition) is 4. The van der Waals surface area contributed by atoms with Gasteiger partial charge in [0.2, 0.25) is 0 Å². The van der Waals surface area contributed by atoms with Crippen LogP contribution in [0.5, 0.6) is 0 Å².